The van der Waals surface area contributed by atoms with Gasteiger partial charge in [-0.1, -0.05) is 23.2 Å². The molecule has 1 unspecified atom stereocenters. The van der Waals surface area contributed by atoms with Crippen LogP contribution in [0.25, 0.3) is 0 Å². The number of benzene rings is 1. The summed E-state index contributed by atoms with van der Waals surface area (Å²) in [5.41, 5.74) is -0.276. The van der Waals surface area contributed by atoms with E-state index in [0.717, 1.165) is 18.9 Å². The molecule has 110 valence electrons. The maximum absolute atomic E-state index is 10.9. The molecule has 1 atom stereocenters. The van der Waals surface area contributed by atoms with Crippen molar-refractivity contribution < 1.29 is 14.8 Å². The summed E-state index contributed by atoms with van der Waals surface area (Å²) in [5.74, 6) is -0.00475. The van der Waals surface area contributed by atoms with E-state index in [4.69, 9.17) is 27.9 Å². The van der Waals surface area contributed by atoms with E-state index in [2.05, 4.69) is 5.32 Å². The van der Waals surface area contributed by atoms with Gasteiger partial charge in [0.25, 0.3) is 0 Å². The Balaban J connectivity index is 1.96. The van der Waals surface area contributed by atoms with Crippen LogP contribution in [0.15, 0.2) is 12.1 Å². The van der Waals surface area contributed by atoms with Crippen LogP contribution in [0.1, 0.15) is 12.8 Å². The molecule has 1 aliphatic carbocycles. The van der Waals surface area contributed by atoms with Crippen molar-refractivity contribution in [2.24, 2.45) is 0 Å². The van der Waals surface area contributed by atoms with Gasteiger partial charge in [0.05, 0.1) is 15.0 Å². The van der Waals surface area contributed by atoms with Gasteiger partial charge in [0.1, 0.15) is 12.7 Å². The molecule has 1 saturated carbocycles. The molecule has 0 bridgehead atoms. The molecular formula is C12H14Cl2N2O4. The Morgan fingerprint density at radius 3 is 2.70 bits per heavy atom. The van der Waals surface area contributed by atoms with Gasteiger partial charge in [-0.3, -0.25) is 10.1 Å². The second-order valence-electron chi connectivity index (χ2n) is 4.64. The van der Waals surface area contributed by atoms with Crippen LogP contribution in [-0.4, -0.2) is 35.3 Å². The Morgan fingerprint density at radius 2 is 2.10 bits per heavy atom. The first-order chi connectivity index (χ1) is 9.47. The van der Waals surface area contributed by atoms with Crippen LogP contribution >= 0.6 is 23.2 Å². The Labute approximate surface area is 125 Å². The Morgan fingerprint density at radius 1 is 1.45 bits per heavy atom. The third kappa shape index (κ3) is 4.21. The minimum Gasteiger partial charge on any atom is -0.484 e. The van der Waals surface area contributed by atoms with Gasteiger partial charge >= 0.3 is 5.69 Å². The lowest BCUT2D eigenvalue weighted by Crippen LogP contribution is -2.32. The summed E-state index contributed by atoms with van der Waals surface area (Å²) in [6.07, 6.45) is 1.49. The molecule has 20 heavy (non-hydrogen) atoms. The summed E-state index contributed by atoms with van der Waals surface area (Å²) >= 11 is 11.5. The molecule has 2 rings (SSSR count). The highest BCUT2D eigenvalue weighted by Gasteiger charge is 2.22. The minimum absolute atomic E-state index is 0.00475. The molecule has 6 nitrogen and oxygen atoms in total. The van der Waals surface area contributed by atoms with Crippen LogP contribution in [0.5, 0.6) is 5.75 Å². The summed E-state index contributed by atoms with van der Waals surface area (Å²) in [4.78, 5) is 10.3. The normalized spacial score (nSPS) is 15.9. The predicted molar refractivity (Wildman–Crippen MR) is 75.6 cm³/mol. The van der Waals surface area contributed by atoms with Gasteiger partial charge in [-0.15, -0.1) is 0 Å². The second kappa shape index (κ2) is 6.58. The highest BCUT2D eigenvalue weighted by atomic mass is 35.5. The first kappa shape index (κ1) is 15.3. The second-order valence-corrected chi connectivity index (χ2v) is 5.45. The summed E-state index contributed by atoms with van der Waals surface area (Å²) in [6, 6.07) is 2.89. The maximum atomic E-state index is 10.9. The topological polar surface area (TPSA) is 84.6 Å². The molecule has 2 N–H and O–H groups in total. The number of hydrogen-bond donors (Lipinski definition) is 2. The Kier molecular flexibility index (Phi) is 5.04. The van der Waals surface area contributed by atoms with Gasteiger partial charge in [-0.05, 0) is 12.8 Å². The number of nitrogens with zero attached hydrogens (tertiary/aromatic N) is 1. The van der Waals surface area contributed by atoms with Gasteiger partial charge in [0, 0.05) is 24.7 Å². The SMILES string of the molecule is O=[N+]([O-])c1cc(Cl)c(Cl)cc1OCC(O)CNC1CC1. The van der Waals surface area contributed by atoms with Crippen molar-refractivity contribution in [3.8, 4) is 5.75 Å². The zero-order valence-corrected chi connectivity index (χ0v) is 12.0. The fourth-order valence-corrected chi connectivity index (χ4v) is 1.92. The van der Waals surface area contributed by atoms with E-state index in [1.54, 1.807) is 0 Å². The molecule has 1 aromatic carbocycles. The quantitative estimate of drug-likeness (QED) is 0.595. The average molecular weight is 321 g/mol. The first-order valence-corrected chi connectivity index (χ1v) is 6.90. The van der Waals surface area contributed by atoms with Gasteiger partial charge in [-0.25, -0.2) is 0 Å². The lowest BCUT2D eigenvalue weighted by atomic mass is 10.3. The average Bonchev–Trinajstić information content (AvgIpc) is 3.21. The Bertz CT molecular complexity index is 508. The number of nitro benzene ring substituents is 1. The van der Waals surface area contributed by atoms with Crippen molar-refractivity contribution in [1.82, 2.24) is 5.32 Å². The largest absolute Gasteiger partial charge is 0.484 e. The standard InChI is InChI=1S/C12H14Cl2N2O4/c13-9-3-11(16(18)19)12(4-10(9)14)20-6-8(17)5-15-7-1-2-7/h3-4,7-8,15,17H,1-2,5-6H2. The van der Waals surface area contributed by atoms with Crippen molar-refractivity contribution in [2.45, 2.75) is 25.0 Å². The summed E-state index contributed by atoms with van der Waals surface area (Å²) in [5, 5.41) is 24.0. The summed E-state index contributed by atoms with van der Waals surface area (Å²) in [7, 11) is 0. The lowest BCUT2D eigenvalue weighted by molar-refractivity contribution is -0.385. The maximum Gasteiger partial charge on any atom is 0.312 e. The molecular weight excluding hydrogens is 307 g/mol. The minimum atomic E-state index is -0.746. The lowest BCUT2D eigenvalue weighted by Gasteiger charge is -2.13. The van der Waals surface area contributed by atoms with Gasteiger partial charge < -0.3 is 15.2 Å². The molecule has 0 aromatic heterocycles. The molecule has 1 fully saturated rings. The van der Waals surface area contributed by atoms with Crippen LogP contribution in [-0.2, 0) is 0 Å². The van der Waals surface area contributed by atoms with E-state index < -0.39 is 11.0 Å². The molecule has 8 heteroatoms. The van der Waals surface area contributed by atoms with Crippen LogP contribution in [0.2, 0.25) is 10.0 Å². The van der Waals surface area contributed by atoms with Gasteiger partial charge in [0.2, 0.25) is 0 Å². The number of hydrogen-bond acceptors (Lipinski definition) is 5. The number of aliphatic hydroxyl groups is 1. The number of nitro groups is 1. The molecule has 0 amide bonds. The molecule has 1 aliphatic rings. The van der Waals surface area contributed by atoms with E-state index in [0.29, 0.717) is 12.6 Å². The number of ether oxygens (including phenoxy) is 1. The summed E-state index contributed by atoms with van der Waals surface area (Å²) in [6.45, 7) is 0.332. The smallest absolute Gasteiger partial charge is 0.312 e. The fraction of sp³-hybridized carbons (Fsp3) is 0.500. The highest BCUT2D eigenvalue weighted by Crippen LogP contribution is 2.35. The van der Waals surface area contributed by atoms with Gasteiger partial charge in [0.15, 0.2) is 5.75 Å². The van der Waals surface area contributed by atoms with Crippen LogP contribution < -0.4 is 10.1 Å². The third-order valence-corrected chi connectivity index (χ3v) is 3.57. The van der Waals surface area contributed by atoms with Crippen molar-refractivity contribution >= 4 is 28.9 Å². The highest BCUT2D eigenvalue weighted by molar-refractivity contribution is 6.42. The molecule has 0 radical (unpaired) electrons. The van der Waals surface area contributed by atoms with Crippen LogP contribution in [0, 0.1) is 10.1 Å². The first-order valence-electron chi connectivity index (χ1n) is 6.15. The molecule has 1 aromatic rings. The van der Waals surface area contributed by atoms with Crippen molar-refractivity contribution in [3.05, 3.63) is 32.3 Å². The number of rotatable bonds is 7. The van der Waals surface area contributed by atoms with Gasteiger partial charge in [-0.2, -0.15) is 0 Å². The van der Waals surface area contributed by atoms with Crippen LogP contribution in [0.4, 0.5) is 5.69 Å². The van der Waals surface area contributed by atoms with Crippen molar-refractivity contribution in [2.75, 3.05) is 13.2 Å². The zero-order chi connectivity index (χ0) is 14.7. The molecule has 0 heterocycles. The molecule has 0 spiro atoms. The van der Waals surface area contributed by atoms with E-state index in [9.17, 15) is 15.2 Å². The predicted octanol–water partition coefficient (Wildman–Crippen LogP) is 2.39. The molecule has 0 aliphatic heterocycles. The van der Waals surface area contributed by atoms with Crippen molar-refractivity contribution in [1.29, 1.82) is 0 Å². The molecule has 0 saturated heterocycles. The monoisotopic (exact) mass is 320 g/mol. The van der Waals surface area contributed by atoms with E-state index in [1.165, 1.54) is 6.07 Å². The van der Waals surface area contributed by atoms with E-state index in [-0.39, 0.29) is 28.1 Å². The van der Waals surface area contributed by atoms with Crippen molar-refractivity contribution in [3.63, 3.8) is 0 Å². The summed E-state index contributed by atoms with van der Waals surface area (Å²) < 4.78 is 5.27. The van der Waals surface area contributed by atoms with E-state index in [1.807, 2.05) is 0 Å². The number of nitrogens with one attached hydrogen (secondary N) is 1. The fourth-order valence-electron chi connectivity index (χ4n) is 1.61. The third-order valence-electron chi connectivity index (χ3n) is 2.85. The van der Waals surface area contributed by atoms with Crippen LogP contribution in [0.3, 0.4) is 0 Å². The zero-order valence-electron chi connectivity index (χ0n) is 10.5. The number of halogens is 2. The van der Waals surface area contributed by atoms with E-state index >= 15 is 0 Å². The Hall–Kier alpha value is -1.08. The number of aliphatic hydroxyl groups excluding tert-OH is 1.